The van der Waals surface area contributed by atoms with Gasteiger partial charge in [0.2, 0.25) is 0 Å². The van der Waals surface area contributed by atoms with E-state index in [1.807, 2.05) is 42.5 Å². The summed E-state index contributed by atoms with van der Waals surface area (Å²) in [6, 6.07) is 24.1. The quantitative estimate of drug-likeness (QED) is 0.314. The Balaban J connectivity index is 1.39. The van der Waals surface area contributed by atoms with Gasteiger partial charge in [0.05, 0.1) is 25.7 Å². The van der Waals surface area contributed by atoms with Crippen molar-refractivity contribution in [2.45, 2.75) is 26.1 Å². The number of methoxy groups -OCH3 is 1. The van der Waals surface area contributed by atoms with E-state index in [1.165, 1.54) is 17.7 Å². The van der Waals surface area contributed by atoms with Gasteiger partial charge in [-0.25, -0.2) is 9.07 Å². The van der Waals surface area contributed by atoms with Gasteiger partial charge in [-0.15, -0.1) is 5.10 Å². The Bertz CT molecular complexity index is 1530. The van der Waals surface area contributed by atoms with Gasteiger partial charge in [-0.1, -0.05) is 42.5 Å². The SMILES string of the molecule is COc1ccc2cc(CN(CCc3ccccc3)Cc3nnnn3Cc3ccc(F)cc3)c(=O)[nH]c2c1. The Morgan fingerprint density at radius 2 is 1.78 bits per heavy atom. The molecule has 5 rings (SSSR count). The van der Waals surface area contributed by atoms with Crippen LogP contribution in [-0.4, -0.2) is 43.7 Å². The molecule has 0 saturated carbocycles. The highest BCUT2D eigenvalue weighted by molar-refractivity contribution is 5.80. The molecule has 2 aromatic heterocycles. The first-order chi connectivity index (χ1) is 18.1. The average Bonchev–Trinajstić information content (AvgIpc) is 3.35. The lowest BCUT2D eigenvalue weighted by molar-refractivity contribution is 0.248. The van der Waals surface area contributed by atoms with Crippen molar-refractivity contribution in [3.8, 4) is 5.75 Å². The van der Waals surface area contributed by atoms with Crippen LogP contribution in [0.1, 0.15) is 22.5 Å². The van der Waals surface area contributed by atoms with E-state index in [9.17, 15) is 9.18 Å². The molecule has 0 aliphatic heterocycles. The smallest absolute Gasteiger partial charge is 0.252 e. The summed E-state index contributed by atoms with van der Waals surface area (Å²) in [5.41, 5.74) is 3.34. The largest absolute Gasteiger partial charge is 0.497 e. The van der Waals surface area contributed by atoms with E-state index in [0.717, 1.165) is 22.9 Å². The van der Waals surface area contributed by atoms with E-state index in [2.05, 4.69) is 37.5 Å². The van der Waals surface area contributed by atoms with Gasteiger partial charge >= 0.3 is 0 Å². The van der Waals surface area contributed by atoms with Crippen molar-refractivity contribution in [1.82, 2.24) is 30.1 Å². The zero-order valence-electron chi connectivity index (χ0n) is 20.5. The molecule has 0 spiro atoms. The van der Waals surface area contributed by atoms with E-state index in [-0.39, 0.29) is 11.4 Å². The van der Waals surface area contributed by atoms with Gasteiger partial charge in [0.25, 0.3) is 5.56 Å². The van der Waals surface area contributed by atoms with Crippen molar-refractivity contribution < 1.29 is 9.13 Å². The third-order valence-corrected chi connectivity index (χ3v) is 6.30. The second kappa shape index (κ2) is 11.1. The van der Waals surface area contributed by atoms with Crippen molar-refractivity contribution in [3.05, 3.63) is 118 Å². The summed E-state index contributed by atoms with van der Waals surface area (Å²) in [6.45, 7) is 2.00. The summed E-state index contributed by atoms with van der Waals surface area (Å²) >= 11 is 0. The van der Waals surface area contributed by atoms with E-state index >= 15 is 0 Å². The first-order valence-corrected chi connectivity index (χ1v) is 12.0. The summed E-state index contributed by atoms with van der Waals surface area (Å²) in [6.07, 6.45) is 0.809. The molecule has 0 radical (unpaired) electrons. The van der Waals surface area contributed by atoms with Crippen LogP contribution in [0.25, 0.3) is 10.9 Å². The van der Waals surface area contributed by atoms with Gasteiger partial charge in [0.15, 0.2) is 5.82 Å². The zero-order chi connectivity index (χ0) is 25.6. The van der Waals surface area contributed by atoms with E-state index < -0.39 is 0 Å². The van der Waals surface area contributed by atoms with Crippen molar-refractivity contribution in [3.63, 3.8) is 0 Å². The molecule has 188 valence electrons. The fourth-order valence-electron chi connectivity index (χ4n) is 4.28. The maximum Gasteiger partial charge on any atom is 0.252 e. The molecular weight excluding hydrogens is 471 g/mol. The summed E-state index contributed by atoms with van der Waals surface area (Å²) < 4.78 is 20.3. The molecule has 8 nitrogen and oxygen atoms in total. The first kappa shape index (κ1) is 24.3. The molecule has 9 heteroatoms. The van der Waals surface area contributed by atoms with Gasteiger partial charge in [-0.2, -0.15) is 0 Å². The highest BCUT2D eigenvalue weighted by atomic mass is 19.1. The molecule has 0 atom stereocenters. The third-order valence-electron chi connectivity index (χ3n) is 6.30. The standard InChI is InChI=1S/C28H27FN6O2/c1-37-25-12-9-22-15-23(28(36)30-26(22)16-25)18-34(14-13-20-5-3-2-4-6-20)19-27-31-32-33-35(27)17-21-7-10-24(29)11-8-21/h2-12,15-16H,13-14,17-19H2,1H3,(H,30,36). The number of aromatic nitrogens is 5. The molecule has 37 heavy (non-hydrogen) atoms. The number of halogens is 1. The maximum atomic E-state index is 13.3. The highest BCUT2D eigenvalue weighted by Crippen LogP contribution is 2.19. The number of rotatable bonds is 10. The molecule has 0 fully saturated rings. The number of benzene rings is 3. The summed E-state index contributed by atoms with van der Waals surface area (Å²) in [7, 11) is 1.60. The minimum Gasteiger partial charge on any atom is -0.497 e. The van der Waals surface area contributed by atoms with Gasteiger partial charge < -0.3 is 9.72 Å². The summed E-state index contributed by atoms with van der Waals surface area (Å²) in [4.78, 5) is 18.1. The second-order valence-electron chi connectivity index (χ2n) is 8.90. The number of nitrogens with zero attached hydrogens (tertiary/aromatic N) is 5. The monoisotopic (exact) mass is 498 g/mol. The second-order valence-corrected chi connectivity index (χ2v) is 8.90. The minimum atomic E-state index is -0.285. The molecule has 3 aromatic carbocycles. The van der Waals surface area contributed by atoms with Crippen LogP contribution in [0.3, 0.4) is 0 Å². The molecule has 0 unspecified atom stereocenters. The number of hydrogen-bond acceptors (Lipinski definition) is 6. The van der Waals surface area contributed by atoms with Crippen molar-refractivity contribution >= 4 is 10.9 Å². The van der Waals surface area contributed by atoms with Crippen LogP contribution in [0.5, 0.6) is 5.75 Å². The van der Waals surface area contributed by atoms with Gasteiger partial charge in [0.1, 0.15) is 11.6 Å². The Labute approximate surface area is 213 Å². The lowest BCUT2D eigenvalue weighted by atomic mass is 10.1. The van der Waals surface area contributed by atoms with E-state index in [4.69, 9.17) is 4.74 Å². The summed E-state index contributed by atoms with van der Waals surface area (Å²) in [5, 5.41) is 13.2. The molecule has 0 amide bonds. The van der Waals surface area contributed by atoms with Gasteiger partial charge in [-0.3, -0.25) is 9.69 Å². The number of fused-ring (bicyclic) bond motifs is 1. The van der Waals surface area contributed by atoms with Gasteiger partial charge in [-0.05, 0) is 63.7 Å². The number of tetrazole rings is 1. The van der Waals surface area contributed by atoms with Crippen molar-refractivity contribution in [2.75, 3.05) is 13.7 Å². The predicted octanol–water partition coefficient (Wildman–Crippen LogP) is 3.96. The molecule has 5 aromatic rings. The molecule has 0 bridgehead atoms. The lowest BCUT2D eigenvalue weighted by Crippen LogP contribution is -2.30. The van der Waals surface area contributed by atoms with Crippen molar-refractivity contribution in [2.24, 2.45) is 0 Å². The highest BCUT2D eigenvalue weighted by Gasteiger charge is 2.16. The van der Waals surface area contributed by atoms with Crippen LogP contribution >= 0.6 is 0 Å². The van der Waals surface area contributed by atoms with Crippen LogP contribution in [0.15, 0.2) is 83.7 Å². The number of H-pyrrole nitrogens is 1. The topological polar surface area (TPSA) is 88.9 Å². The Hall–Kier alpha value is -4.37. The fraction of sp³-hybridized carbons (Fsp3) is 0.214. The Morgan fingerprint density at radius 3 is 2.57 bits per heavy atom. The number of hydrogen-bond donors (Lipinski definition) is 1. The molecule has 2 heterocycles. The zero-order valence-corrected chi connectivity index (χ0v) is 20.5. The molecule has 0 aliphatic carbocycles. The number of ether oxygens (including phenoxy) is 1. The van der Waals surface area contributed by atoms with Gasteiger partial charge in [0, 0.05) is 24.7 Å². The van der Waals surface area contributed by atoms with Crippen LogP contribution in [0, 0.1) is 5.82 Å². The lowest BCUT2D eigenvalue weighted by Gasteiger charge is -2.22. The van der Waals surface area contributed by atoms with Crippen LogP contribution in [0.2, 0.25) is 0 Å². The predicted molar refractivity (Wildman–Crippen MR) is 139 cm³/mol. The molecule has 0 aliphatic rings. The Morgan fingerprint density at radius 1 is 0.973 bits per heavy atom. The Kier molecular flexibility index (Phi) is 7.32. The summed E-state index contributed by atoms with van der Waals surface area (Å²) in [5.74, 6) is 1.07. The minimum absolute atomic E-state index is 0.142. The molecular formula is C28H27FN6O2. The third kappa shape index (κ3) is 6.07. The number of pyridine rings is 1. The van der Waals surface area contributed by atoms with E-state index in [0.29, 0.717) is 43.3 Å². The number of aromatic amines is 1. The number of nitrogens with one attached hydrogen (secondary N) is 1. The normalized spacial score (nSPS) is 11.3. The molecule has 1 N–H and O–H groups in total. The van der Waals surface area contributed by atoms with Crippen molar-refractivity contribution in [1.29, 1.82) is 0 Å². The average molecular weight is 499 g/mol. The maximum absolute atomic E-state index is 13.3. The van der Waals surface area contributed by atoms with Crippen LogP contribution in [0.4, 0.5) is 4.39 Å². The van der Waals surface area contributed by atoms with Crippen LogP contribution < -0.4 is 10.3 Å². The van der Waals surface area contributed by atoms with E-state index in [1.54, 1.807) is 23.9 Å². The molecule has 0 saturated heterocycles. The van der Waals surface area contributed by atoms with Crippen LogP contribution in [-0.2, 0) is 26.1 Å². The first-order valence-electron chi connectivity index (χ1n) is 12.0. The fourth-order valence-corrected chi connectivity index (χ4v) is 4.28.